The van der Waals surface area contributed by atoms with Gasteiger partial charge in [-0.2, -0.15) is 0 Å². The quantitative estimate of drug-likeness (QED) is 0.708. The first-order valence-corrected chi connectivity index (χ1v) is 6.38. The summed E-state index contributed by atoms with van der Waals surface area (Å²) in [7, 11) is 0. The molecule has 0 saturated carbocycles. The van der Waals surface area contributed by atoms with Crippen LogP contribution in [0.1, 0.15) is 5.56 Å². The zero-order chi connectivity index (χ0) is 13.9. The van der Waals surface area contributed by atoms with E-state index >= 15 is 0 Å². The van der Waals surface area contributed by atoms with Gasteiger partial charge in [-0.25, -0.2) is 9.78 Å². The predicted octanol–water partition coefficient (Wildman–Crippen LogP) is 3.68. The van der Waals surface area contributed by atoms with E-state index in [0.29, 0.717) is 17.1 Å². The fourth-order valence-corrected chi connectivity index (χ4v) is 2.05. The number of nitrogens with zero attached hydrogens (tertiary/aromatic N) is 1. The smallest absolute Gasteiger partial charge is 0.342 e. The average Bonchev–Trinajstić information content (AvgIpc) is 2.51. The molecule has 0 bridgehead atoms. The van der Waals surface area contributed by atoms with E-state index < -0.39 is 0 Å². The largest absolute Gasteiger partial charge is 0.403 e. The summed E-state index contributed by atoms with van der Waals surface area (Å²) in [5.41, 5.74) is 2.55. The second kappa shape index (κ2) is 5.13. The van der Waals surface area contributed by atoms with Crippen molar-refractivity contribution < 1.29 is 4.42 Å². The summed E-state index contributed by atoms with van der Waals surface area (Å²) in [6.07, 6.45) is 0. The highest BCUT2D eigenvalue weighted by atomic mass is 16.4. The van der Waals surface area contributed by atoms with Crippen molar-refractivity contribution in [3.63, 3.8) is 0 Å². The van der Waals surface area contributed by atoms with Gasteiger partial charge in [-0.05, 0) is 19.1 Å². The van der Waals surface area contributed by atoms with E-state index in [0.717, 1.165) is 11.1 Å². The lowest BCUT2D eigenvalue weighted by Crippen LogP contribution is -2.08. The maximum atomic E-state index is 12.0. The van der Waals surface area contributed by atoms with Gasteiger partial charge in [-0.1, -0.05) is 48.5 Å². The summed E-state index contributed by atoms with van der Waals surface area (Å²) in [6, 6.07) is 19.1. The second-order valence-corrected chi connectivity index (χ2v) is 4.51. The Morgan fingerprint density at radius 3 is 2.00 bits per heavy atom. The maximum absolute atomic E-state index is 12.0. The van der Waals surface area contributed by atoms with Gasteiger partial charge in [0.2, 0.25) is 5.89 Å². The Labute approximate surface area is 116 Å². The van der Waals surface area contributed by atoms with Gasteiger partial charge in [0.25, 0.3) is 0 Å². The van der Waals surface area contributed by atoms with Crippen LogP contribution in [0.4, 0.5) is 0 Å². The molecule has 0 radical (unpaired) electrons. The molecule has 3 heteroatoms. The number of hydrogen-bond donors (Lipinski definition) is 0. The molecule has 0 aliphatic heterocycles. The molecule has 0 aliphatic carbocycles. The minimum atomic E-state index is -0.349. The lowest BCUT2D eigenvalue weighted by Gasteiger charge is -2.06. The molecule has 1 aromatic heterocycles. The van der Waals surface area contributed by atoms with Gasteiger partial charge in [-0.3, -0.25) is 0 Å². The maximum Gasteiger partial charge on any atom is 0.342 e. The lowest BCUT2D eigenvalue weighted by molar-refractivity contribution is 0.503. The van der Waals surface area contributed by atoms with Crippen LogP contribution in [-0.4, -0.2) is 4.98 Å². The van der Waals surface area contributed by atoms with Crippen LogP contribution in [-0.2, 0) is 0 Å². The zero-order valence-electron chi connectivity index (χ0n) is 11.0. The Kier molecular flexibility index (Phi) is 3.17. The number of benzene rings is 2. The van der Waals surface area contributed by atoms with Crippen molar-refractivity contribution in [1.82, 2.24) is 4.98 Å². The molecule has 0 atom stereocenters. The third kappa shape index (κ3) is 2.26. The lowest BCUT2D eigenvalue weighted by atomic mass is 10.1. The molecule has 3 nitrogen and oxygen atoms in total. The van der Waals surface area contributed by atoms with E-state index in [-0.39, 0.29) is 5.63 Å². The van der Waals surface area contributed by atoms with E-state index in [9.17, 15) is 4.79 Å². The molecular formula is C17H13NO2. The summed E-state index contributed by atoms with van der Waals surface area (Å²) in [6.45, 7) is 1.73. The molecule has 3 rings (SSSR count). The molecule has 0 amide bonds. The highest BCUT2D eigenvalue weighted by molar-refractivity contribution is 5.65. The van der Waals surface area contributed by atoms with Crippen molar-refractivity contribution >= 4 is 0 Å². The number of rotatable bonds is 2. The minimum absolute atomic E-state index is 0.347. The van der Waals surface area contributed by atoms with Gasteiger partial charge < -0.3 is 4.42 Å². The Morgan fingerprint density at radius 2 is 1.40 bits per heavy atom. The van der Waals surface area contributed by atoms with Crippen LogP contribution in [0.3, 0.4) is 0 Å². The standard InChI is InChI=1S/C17H13NO2/c1-12-15(13-8-4-2-5-9-13)18-16(20-17(12)19)14-10-6-3-7-11-14/h2-11H,1H3. The van der Waals surface area contributed by atoms with Crippen LogP contribution in [0.15, 0.2) is 69.9 Å². The van der Waals surface area contributed by atoms with E-state index in [1.807, 2.05) is 60.7 Å². The van der Waals surface area contributed by atoms with Gasteiger partial charge in [-0.15, -0.1) is 0 Å². The molecule has 98 valence electrons. The highest BCUT2D eigenvalue weighted by Gasteiger charge is 2.12. The molecule has 0 aliphatic rings. The molecule has 0 N–H and O–H groups in total. The fourth-order valence-electron chi connectivity index (χ4n) is 2.05. The predicted molar refractivity (Wildman–Crippen MR) is 78.4 cm³/mol. The number of aromatic nitrogens is 1. The zero-order valence-corrected chi connectivity index (χ0v) is 11.0. The van der Waals surface area contributed by atoms with Gasteiger partial charge in [0.15, 0.2) is 0 Å². The van der Waals surface area contributed by atoms with E-state index in [2.05, 4.69) is 4.98 Å². The summed E-state index contributed by atoms with van der Waals surface area (Å²) < 4.78 is 5.29. The second-order valence-electron chi connectivity index (χ2n) is 4.51. The van der Waals surface area contributed by atoms with Crippen molar-refractivity contribution in [3.8, 4) is 22.7 Å². The molecular weight excluding hydrogens is 250 g/mol. The topological polar surface area (TPSA) is 43.1 Å². The Morgan fingerprint density at radius 1 is 0.850 bits per heavy atom. The molecule has 1 heterocycles. The summed E-state index contributed by atoms with van der Waals surface area (Å²) in [4.78, 5) is 16.5. The SMILES string of the molecule is Cc1c(-c2ccccc2)nc(-c2ccccc2)oc1=O. The van der Waals surface area contributed by atoms with Crippen LogP contribution in [0.25, 0.3) is 22.7 Å². The first-order valence-electron chi connectivity index (χ1n) is 6.38. The van der Waals surface area contributed by atoms with Crippen molar-refractivity contribution in [2.45, 2.75) is 6.92 Å². The van der Waals surface area contributed by atoms with Crippen LogP contribution in [0.5, 0.6) is 0 Å². The third-order valence-electron chi connectivity index (χ3n) is 3.13. The molecule has 3 aromatic rings. The monoisotopic (exact) mass is 263 g/mol. The van der Waals surface area contributed by atoms with Crippen molar-refractivity contribution in [1.29, 1.82) is 0 Å². The van der Waals surface area contributed by atoms with Crippen molar-refractivity contribution in [3.05, 3.63) is 76.6 Å². The molecule has 0 spiro atoms. The molecule has 2 aromatic carbocycles. The molecule has 0 saturated heterocycles. The third-order valence-corrected chi connectivity index (χ3v) is 3.13. The van der Waals surface area contributed by atoms with Crippen LogP contribution in [0.2, 0.25) is 0 Å². The first kappa shape index (κ1) is 12.4. The molecule has 20 heavy (non-hydrogen) atoms. The summed E-state index contributed by atoms with van der Waals surface area (Å²) in [5.74, 6) is 0.347. The summed E-state index contributed by atoms with van der Waals surface area (Å²) >= 11 is 0. The highest BCUT2D eigenvalue weighted by Crippen LogP contribution is 2.23. The first-order chi connectivity index (χ1) is 9.75. The van der Waals surface area contributed by atoms with Crippen LogP contribution < -0.4 is 5.63 Å². The van der Waals surface area contributed by atoms with Crippen LogP contribution >= 0.6 is 0 Å². The van der Waals surface area contributed by atoms with Gasteiger partial charge >= 0.3 is 5.63 Å². The normalized spacial score (nSPS) is 10.4. The van der Waals surface area contributed by atoms with Crippen molar-refractivity contribution in [2.24, 2.45) is 0 Å². The Hall–Kier alpha value is -2.68. The molecule has 0 unspecified atom stereocenters. The van der Waals surface area contributed by atoms with E-state index in [1.165, 1.54) is 0 Å². The van der Waals surface area contributed by atoms with Gasteiger partial charge in [0.1, 0.15) is 0 Å². The number of hydrogen-bond acceptors (Lipinski definition) is 3. The average molecular weight is 263 g/mol. The summed E-state index contributed by atoms with van der Waals surface area (Å²) in [5, 5.41) is 0. The molecule has 0 fully saturated rings. The minimum Gasteiger partial charge on any atom is -0.403 e. The van der Waals surface area contributed by atoms with Gasteiger partial charge in [0, 0.05) is 11.1 Å². The van der Waals surface area contributed by atoms with Crippen molar-refractivity contribution in [2.75, 3.05) is 0 Å². The van der Waals surface area contributed by atoms with Crippen LogP contribution in [0, 0.1) is 6.92 Å². The van der Waals surface area contributed by atoms with E-state index in [4.69, 9.17) is 4.42 Å². The van der Waals surface area contributed by atoms with Gasteiger partial charge in [0.05, 0.1) is 11.3 Å². The van der Waals surface area contributed by atoms with E-state index in [1.54, 1.807) is 6.92 Å². The Balaban J connectivity index is 2.22. The Bertz CT molecular complexity index is 777. The fraction of sp³-hybridized carbons (Fsp3) is 0.0588.